The number of carbonyl (C=O) groups excluding carboxylic acids is 1. The van der Waals surface area contributed by atoms with Gasteiger partial charge in [0.05, 0.1) is 10.7 Å². The van der Waals surface area contributed by atoms with Crippen LogP contribution in [0.25, 0.3) is 0 Å². The van der Waals surface area contributed by atoms with Crippen LogP contribution in [0, 0.1) is 0 Å². The predicted octanol–water partition coefficient (Wildman–Crippen LogP) is 1.96. The summed E-state index contributed by atoms with van der Waals surface area (Å²) in [4.78, 5) is 16.1. The molecule has 1 unspecified atom stereocenters. The molecule has 0 aliphatic heterocycles. The first-order chi connectivity index (χ1) is 9.08. The number of aromatic nitrogens is 1. The van der Waals surface area contributed by atoms with Crippen molar-refractivity contribution < 1.29 is 9.90 Å². The Morgan fingerprint density at radius 3 is 3.00 bits per heavy atom. The third-order valence-electron chi connectivity index (χ3n) is 2.73. The first kappa shape index (κ1) is 13.4. The van der Waals surface area contributed by atoms with Crippen LogP contribution >= 0.6 is 11.3 Å². The molecule has 4 N–H and O–H groups in total. The lowest BCUT2D eigenvalue weighted by Crippen LogP contribution is -2.27. The van der Waals surface area contributed by atoms with E-state index < -0.39 is 0 Å². The maximum Gasteiger partial charge on any atom is 0.251 e. The Kier molecular flexibility index (Phi) is 4.01. The van der Waals surface area contributed by atoms with Crippen molar-refractivity contribution >= 4 is 22.9 Å². The molecule has 0 aliphatic rings. The molecular weight excluding hydrogens is 262 g/mol. The second-order valence-electron chi connectivity index (χ2n) is 4.26. The van der Waals surface area contributed by atoms with Crippen molar-refractivity contribution in [3.8, 4) is 5.75 Å². The van der Waals surface area contributed by atoms with E-state index >= 15 is 0 Å². The number of nitrogens with zero attached hydrogens (tertiary/aromatic N) is 1. The molecule has 100 valence electrons. The molecular formula is C13H15N3O2S. The van der Waals surface area contributed by atoms with Crippen LogP contribution in [0.15, 0.2) is 29.8 Å². The molecule has 6 heteroatoms. The third-order valence-corrected chi connectivity index (χ3v) is 3.74. The number of nitrogens with two attached hydrogens (primary N) is 1. The van der Waals surface area contributed by atoms with E-state index in [2.05, 4.69) is 10.3 Å². The standard InChI is InChI=1S/C13H15N3O2S/c1-8(13-15-4-5-19-13)7-16-12(18)9-2-3-10(14)11(17)6-9/h2-6,8,17H,7,14H2,1H3,(H,16,18). The molecule has 19 heavy (non-hydrogen) atoms. The summed E-state index contributed by atoms with van der Waals surface area (Å²) in [5, 5.41) is 15.2. The Labute approximate surface area is 115 Å². The van der Waals surface area contributed by atoms with Crippen molar-refractivity contribution in [2.24, 2.45) is 0 Å². The minimum absolute atomic E-state index is 0.0828. The van der Waals surface area contributed by atoms with Crippen LogP contribution in [0.3, 0.4) is 0 Å². The van der Waals surface area contributed by atoms with Crippen molar-refractivity contribution in [2.75, 3.05) is 12.3 Å². The highest BCUT2D eigenvalue weighted by atomic mass is 32.1. The minimum Gasteiger partial charge on any atom is -0.506 e. The normalized spacial score (nSPS) is 12.1. The van der Waals surface area contributed by atoms with E-state index in [0.717, 1.165) is 5.01 Å². The van der Waals surface area contributed by atoms with Gasteiger partial charge in [-0.15, -0.1) is 11.3 Å². The first-order valence-electron chi connectivity index (χ1n) is 5.84. The van der Waals surface area contributed by atoms with Gasteiger partial charge in [0.25, 0.3) is 5.91 Å². The fourth-order valence-corrected chi connectivity index (χ4v) is 2.30. The minimum atomic E-state index is -0.237. The van der Waals surface area contributed by atoms with Gasteiger partial charge in [0.1, 0.15) is 5.75 Å². The van der Waals surface area contributed by atoms with Crippen molar-refractivity contribution in [1.82, 2.24) is 10.3 Å². The van der Waals surface area contributed by atoms with Crippen LogP contribution in [0.5, 0.6) is 5.75 Å². The van der Waals surface area contributed by atoms with Gasteiger partial charge in [-0.05, 0) is 18.2 Å². The van der Waals surface area contributed by atoms with E-state index in [1.165, 1.54) is 12.1 Å². The smallest absolute Gasteiger partial charge is 0.251 e. The van der Waals surface area contributed by atoms with Crippen LogP contribution in [0.2, 0.25) is 0 Å². The zero-order valence-electron chi connectivity index (χ0n) is 10.5. The molecule has 0 saturated heterocycles. The summed E-state index contributed by atoms with van der Waals surface area (Å²) < 4.78 is 0. The van der Waals surface area contributed by atoms with Crippen LogP contribution < -0.4 is 11.1 Å². The summed E-state index contributed by atoms with van der Waals surface area (Å²) in [7, 11) is 0. The van der Waals surface area contributed by atoms with E-state index in [-0.39, 0.29) is 23.3 Å². The third kappa shape index (κ3) is 3.23. The number of carbonyl (C=O) groups is 1. The van der Waals surface area contributed by atoms with Gasteiger partial charge >= 0.3 is 0 Å². The lowest BCUT2D eigenvalue weighted by atomic mass is 10.1. The lowest BCUT2D eigenvalue weighted by molar-refractivity contribution is 0.0951. The molecule has 0 spiro atoms. The Hall–Kier alpha value is -2.08. The summed E-state index contributed by atoms with van der Waals surface area (Å²) >= 11 is 1.56. The highest BCUT2D eigenvalue weighted by molar-refractivity contribution is 7.09. The summed E-state index contributed by atoms with van der Waals surface area (Å²) in [5.41, 5.74) is 6.13. The van der Waals surface area contributed by atoms with E-state index in [1.807, 2.05) is 12.3 Å². The molecule has 1 amide bonds. The number of nitrogen functional groups attached to an aromatic ring is 1. The van der Waals surface area contributed by atoms with Gasteiger partial charge in [0.15, 0.2) is 0 Å². The largest absolute Gasteiger partial charge is 0.506 e. The number of anilines is 1. The molecule has 1 atom stereocenters. The lowest BCUT2D eigenvalue weighted by Gasteiger charge is -2.10. The van der Waals surface area contributed by atoms with Gasteiger partial charge in [0.2, 0.25) is 0 Å². The topological polar surface area (TPSA) is 88.2 Å². The monoisotopic (exact) mass is 277 g/mol. The zero-order chi connectivity index (χ0) is 13.8. The maximum absolute atomic E-state index is 11.9. The number of aromatic hydroxyl groups is 1. The molecule has 1 aromatic heterocycles. The summed E-state index contributed by atoms with van der Waals surface area (Å²) in [6.45, 7) is 2.50. The predicted molar refractivity (Wildman–Crippen MR) is 75.4 cm³/mol. The molecule has 5 nitrogen and oxygen atoms in total. The number of amides is 1. The van der Waals surface area contributed by atoms with Crippen molar-refractivity contribution in [3.63, 3.8) is 0 Å². The second kappa shape index (κ2) is 5.71. The summed E-state index contributed by atoms with van der Waals surface area (Å²) in [5.74, 6) is -0.161. The molecule has 2 aromatic rings. The van der Waals surface area contributed by atoms with Crippen LogP contribution in [0.4, 0.5) is 5.69 Å². The SMILES string of the molecule is CC(CNC(=O)c1ccc(N)c(O)c1)c1nccs1. The van der Waals surface area contributed by atoms with Crippen LogP contribution in [0.1, 0.15) is 28.2 Å². The second-order valence-corrected chi connectivity index (χ2v) is 5.18. The number of nitrogens with one attached hydrogen (secondary N) is 1. The van der Waals surface area contributed by atoms with Crippen molar-refractivity contribution in [3.05, 3.63) is 40.3 Å². The molecule has 1 aromatic carbocycles. The molecule has 0 fully saturated rings. The fourth-order valence-electron chi connectivity index (χ4n) is 1.60. The molecule has 0 radical (unpaired) electrons. The highest BCUT2D eigenvalue weighted by Crippen LogP contribution is 2.21. The number of hydrogen-bond donors (Lipinski definition) is 3. The number of rotatable bonds is 4. The Balaban J connectivity index is 1.96. The molecule has 0 saturated carbocycles. The van der Waals surface area contributed by atoms with E-state index in [4.69, 9.17) is 5.73 Å². The van der Waals surface area contributed by atoms with Crippen LogP contribution in [-0.4, -0.2) is 22.5 Å². The number of thiazole rings is 1. The number of phenols is 1. The van der Waals surface area contributed by atoms with Gasteiger partial charge in [-0.25, -0.2) is 4.98 Å². The van der Waals surface area contributed by atoms with E-state index in [0.29, 0.717) is 12.1 Å². The Bertz CT molecular complexity index is 569. The Morgan fingerprint density at radius 2 is 2.37 bits per heavy atom. The molecule has 2 rings (SSSR count). The zero-order valence-corrected chi connectivity index (χ0v) is 11.3. The van der Waals surface area contributed by atoms with Crippen molar-refractivity contribution in [1.29, 1.82) is 0 Å². The van der Waals surface area contributed by atoms with Gasteiger partial charge < -0.3 is 16.2 Å². The van der Waals surface area contributed by atoms with Crippen molar-refractivity contribution in [2.45, 2.75) is 12.8 Å². The van der Waals surface area contributed by atoms with E-state index in [1.54, 1.807) is 23.6 Å². The number of hydrogen-bond acceptors (Lipinski definition) is 5. The molecule has 0 bridgehead atoms. The average molecular weight is 277 g/mol. The maximum atomic E-state index is 11.9. The molecule has 0 aliphatic carbocycles. The number of benzene rings is 1. The van der Waals surface area contributed by atoms with Crippen LogP contribution in [-0.2, 0) is 0 Å². The first-order valence-corrected chi connectivity index (χ1v) is 6.72. The van der Waals surface area contributed by atoms with E-state index in [9.17, 15) is 9.90 Å². The quantitative estimate of drug-likeness (QED) is 0.589. The van der Waals surface area contributed by atoms with Gasteiger partial charge in [-0.3, -0.25) is 4.79 Å². The average Bonchev–Trinajstić information content (AvgIpc) is 2.92. The summed E-state index contributed by atoms with van der Waals surface area (Å²) in [6.07, 6.45) is 1.75. The highest BCUT2D eigenvalue weighted by Gasteiger charge is 2.12. The van der Waals surface area contributed by atoms with Gasteiger partial charge in [-0.1, -0.05) is 6.92 Å². The molecule has 1 heterocycles. The fraction of sp³-hybridized carbons (Fsp3) is 0.231. The number of phenolic OH excluding ortho intramolecular Hbond substituents is 1. The Morgan fingerprint density at radius 1 is 1.58 bits per heavy atom. The van der Waals surface area contributed by atoms with Gasteiger partial charge in [-0.2, -0.15) is 0 Å². The van der Waals surface area contributed by atoms with Gasteiger partial charge in [0, 0.05) is 29.6 Å². The summed E-state index contributed by atoms with van der Waals surface area (Å²) in [6, 6.07) is 4.45.